The van der Waals surface area contributed by atoms with Gasteiger partial charge in [0.05, 0.1) is 11.1 Å². The third kappa shape index (κ3) is 3.78. The molecule has 1 unspecified atom stereocenters. The summed E-state index contributed by atoms with van der Waals surface area (Å²) in [5, 5.41) is 7.62. The number of nitrogens with one attached hydrogen (secondary N) is 1. The Hall–Kier alpha value is -1.88. The number of hydrogen-bond acceptors (Lipinski definition) is 4. The van der Waals surface area contributed by atoms with Gasteiger partial charge in [0.1, 0.15) is 6.10 Å². The highest BCUT2D eigenvalue weighted by Crippen LogP contribution is 2.39. The molecule has 5 nitrogen and oxygen atoms in total. The Morgan fingerprint density at radius 1 is 1.15 bits per heavy atom. The van der Waals surface area contributed by atoms with Crippen molar-refractivity contribution in [3.8, 4) is 0 Å². The van der Waals surface area contributed by atoms with Crippen LogP contribution in [-0.2, 0) is 14.4 Å². The van der Waals surface area contributed by atoms with Crippen LogP contribution < -0.4 is 5.32 Å². The average Bonchev–Trinajstić information content (AvgIpc) is 3.35. The number of nitrogens with zero attached hydrogens (tertiary/aromatic N) is 1. The summed E-state index contributed by atoms with van der Waals surface area (Å²) in [5.74, 6) is 0.199. The Morgan fingerprint density at radius 2 is 1.88 bits per heavy atom. The lowest BCUT2D eigenvalue weighted by Crippen LogP contribution is -2.49. The van der Waals surface area contributed by atoms with E-state index in [1.54, 1.807) is 0 Å². The van der Waals surface area contributed by atoms with E-state index in [-0.39, 0.29) is 17.4 Å². The first-order chi connectivity index (χ1) is 12.8. The van der Waals surface area contributed by atoms with Gasteiger partial charge in [-0.25, -0.2) is 0 Å². The maximum Gasteiger partial charge on any atom is 0.226 e. The molecular formula is C21H28N2O3. The lowest BCUT2D eigenvalue weighted by atomic mass is 9.74. The van der Waals surface area contributed by atoms with Crippen molar-refractivity contribution in [2.75, 3.05) is 13.2 Å². The molecule has 1 N–H and O–H groups in total. The average molecular weight is 356 g/mol. The lowest BCUT2D eigenvalue weighted by molar-refractivity contribution is -0.140. The molecule has 2 heterocycles. The summed E-state index contributed by atoms with van der Waals surface area (Å²) in [6.07, 6.45) is 7.66. The third-order valence-electron chi connectivity index (χ3n) is 6.08. The quantitative estimate of drug-likeness (QED) is 0.879. The van der Waals surface area contributed by atoms with Gasteiger partial charge in [0, 0.05) is 32.1 Å². The standard InChI is InChI=1S/C21H28N2O3/c24-20(22-17-8-4-5-9-17)21(10-12-25-13-11-21)15-18-14-19(23-26-18)16-6-2-1-3-7-16/h1-3,6-7,17-18H,4-5,8-15H2,(H,22,24). The topological polar surface area (TPSA) is 59.9 Å². The molecular weight excluding hydrogens is 328 g/mol. The molecule has 1 aromatic rings. The van der Waals surface area contributed by atoms with Gasteiger partial charge >= 0.3 is 0 Å². The second-order valence-corrected chi connectivity index (χ2v) is 7.89. The summed E-state index contributed by atoms with van der Waals surface area (Å²) in [6.45, 7) is 1.30. The fourth-order valence-corrected chi connectivity index (χ4v) is 4.47. The van der Waals surface area contributed by atoms with Crippen LogP contribution in [0.25, 0.3) is 0 Å². The molecule has 0 aromatic heterocycles. The van der Waals surface area contributed by atoms with Gasteiger partial charge in [0.15, 0.2) is 0 Å². The predicted octanol–water partition coefficient (Wildman–Crippen LogP) is 3.43. The normalized spacial score (nSPS) is 25.5. The summed E-state index contributed by atoms with van der Waals surface area (Å²) in [4.78, 5) is 18.9. The van der Waals surface area contributed by atoms with Crippen molar-refractivity contribution in [2.24, 2.45) is 10.6 Å². The van der Waals surface area contributed by atoms with Crippen LogP contribution in [0.3, 0.4) is 0 Å². The minimum absolute atomic E-state index is 0.0300. The molecule has 0 radical (unpaired) electrons. The van der Waals surface area contributed by atoms with Crippen LogP contribution in [0.15, 0.2) is 35.5 Å². The molecule has 1 aromatic carbocycles. The number of carbonyl (C=O) groups is 1. The van der Waals surface area contributed by atoms with Crippen molar-refractivity contribution in [3.05, 3.63) is 35.9 Å². The van der Waals surface area contributed by atoms with Gasteiger partial charge in [-0.2, -0.15) is 0 Å². The van der Waals surface area contributed by atoms with Gasteiger partial charge in [-0.3, -0.25) is 4.79 Å². The highest BCUT2D eigenvalue weighted by atomic mass is 16.6. The van der Waals surface area contributed by atoms with Crippen molar-refractivity contribution in [1.29, 1.82) is 0 Å². The van der Waals surface area contributed by atoms with Gasteiger partial charge in [0.25, 0.3) is 0 Å². The van der Waals surface area contributed by atoms with E-state index in [1.807, 2.05) is 18.2 Å². The SMILES string of the molecule is O=C(NC1CCCC1)C1(CC2CC(c3ccccc3)=NO2)CCOCC1. The number of oxime groups is 1. The predicted molar refractivity (Wildman–Crippen MR) is 100.0 cm³/mol. The van der Waals surface area contributed by atoms with Gasteiger partial charge in [0.2, 0.25) is 5.91 Å². The molecule has 1 amide bonds. The van der Waals surface area contributed by atoms with Crippen LogP contribution in [0.1, 0.15) is 56.9 Å². The molecule has 4 rings (SSSR count). The molecule has 1 atom stereocenters. The monoisotopic (exact) mass is 356 g/mol. The van der Waals surface area contributed by atoms with Crippen LogP contribution in [-0.4, -0.2) is 37.0 Å². The first-order valence-electron chi connectivity index (χ1n) is 9.92. The number of ether oxygens (including phenoxy) is 1. The summed E-state index contributed by atoms with van der Waals surface area (Å²) >= 11 is 0. The zero-order chi connectivity index (χ0) is 17.8. The Balaban J connectivity index is 1.42. The first-order valence-corrected chi connectivity index (χ1v) is 9.92. The second kappa shape index (κ2) is 7.78. The largest absolute Gasteiger partial charge is 0.392 e. The summed E-state index contributed by atoms with van der Waals surface area (Å²) < 4.78 is 5.55. The fourth-order valence-electron chi connectivity index (χ4n) is 4.47. The Morgan fingerprint density at radius 3 is 2.62 bits per heavy atom. The van der Waals surface area contributed by atoms with Crippen molar-refractivity contribution in [1.82, 2.24) is 5.32 Å². The van der Waals surface area contributed by atoms with Gasteiger partial charge < -0.3 is 14.9 Å². The molecule has 0 bridgehead atoms. The molecule has 1 aliphatic carbocycles. The lowest BCUT2D eigenvalue weighted by Gasteiger charge is -2.37. The van der Waals surface area contributed by atoms with Crippen molar-refractivity contribution < 1.29 is 14.4 Å². The van der Waals surface area contributed by atoms with E-state index in [2.05, 4.69) is 22.6 Å². The van der Waals surface area contributed by atoms with Crippen LogP contribution in [0.4, 0.5) is 0 Å². The Kier molecular flexibility index (Phi) is 5.25. The second-order valence-electron chi connectivity index (χ2n) is 7.89. The number of rotatable bonds is 5. The molecule has 0 spiro atoms. The van der Waals surface area contributed by atoms with E-state index in [0.29, 0.717) is 19.3 Å². The van der Waals surface area contributed by atoms with Crippen molar-refractivity contribution in [3.63, 3.8) is 0 Å². The van der Waals surface area contributed by atoms with Crippen LogP contribution >= 0.6 is 0 Å². The van der Waals surface area contributed by atoms with Gasteiger partial charge in [-0.1, -0.05) is 48.3 Å². The smallest absolute Gasteiger partial charge is 0.226 e. The highest BCUT2D eigenvalue weighted by Gasteiger charge is 2.44. The van der Waals surface area contributed by atoms with Gasteiger partial charge in [-0.15, -0.1) is 0 Å². The van der Waals surface area contributed by atoms with Crippen LogP contribution in [0.5, 0.6) is 0 Å². The number of carbonyl (C=O) groups excluding carboxylic acids is 1. The Bertz CT molecular complexity index is 646. The molecule has 1 saturated carbocycles. The molecule has 140 valence electrons. The van der Waals surface area contributed by atoms with Crippen molar-refractivity contribution >= 4 is 11.6 Å². The molecule has 1 saturated heterocycles. The molecule has 5 heteroatoms. The molecule has 2 aliphatic heterocycles. The highest BCUT2D eigenvalue weighted by molar-refractivity contribution is 6.01. The number of amides is 1. The van der Waals surface area contributed by atoms with Gasteiger partial charge in [-0.05, 0) is 31.2 Å². The maximum atomic E-state index is 13.2. The Labute approximate surface area is 155 Å². The zero-order valence-electron chi connectivity index (χ0n) is 15.3. The summed E-state index contributed by atoms with van der Waals surface area (Å²) in [6, 6.07) is 10.5. The molecule has 3 aliphatic rings. The van der Waals surface area contributed by atoms with E-state index in [0.717, 1.165) is 49.8 Å². The van der Waals surface area contributed by atoms with Crippen LogP contribution in [0, 0.1) is 5.41 Å². The number of benzene rings is 1. The maximum absolute atomic E-state index is 13.2. The first kappa shape index (κ1) is 17.5. The van der Waals surface area contributed by atoms with E-state index in [9.17, 15) is 4.79 Å². The summed E-state index contributed by atoms with van der Waals surface area (Å²) in [7, 11) is 0. The number of hydrogen-bond donors (Lipinski definition) is 1. The van der Waals surface area contributed by atoms with E-state index in [1.165, 1.54) is 12.8 Å². The molecule has 2 fully saturated rings. The summed E-state index contributed by atoms with van der Waals surface area (Å²) in [5.41, 5.74) is 1.70. The minimum Gasteiger partial charge on any atom is -0.392 e. The third-order valence-corrected chi connectivity index (χ3v) is 6.08. The minimum atomic E-state index is -0.382. The van der Waals surface area contributed by atoms with E-state index >= 15 is 0 Å². The van der Waals surface area contributed by atoms with E-state index in [4.69, 9.17) is 9.57 Å². The fraction of sp³-hybridized carbons (Fsp3) is 0.619. The zero-order valence-corrected chi connectivity index (χ0v) is 15.3. The molecule has 26 heavy (non-hydrogen) atoms. The van der Waals surface area contributed by atoms with Crippen LogP contribution in [0.2, 0.25) is 0 Å². The van der Waals surface area contributed by atoms with E-state index < -0.39 is 0 Å². The van der Waals surface area contributed by atoms with Crippen molar-refractivity contribution in [2.45, 2.75) is 63.5 Å².